The molecule has 66 heavy (non-hydrogen) atoms. The first-order valence-corrected chi connectivity index (χ1v) is 22.3. The van der Waals surface area contributed by atoms with Crippen LogP contribution in [0.25, 0.3) is 0 Å². The third-order valence-electron chi connectivity index (χ3n) is 10.3. The Kier molecular flexibility index (Phi) is 18.8. The lowest BCUT2D eigenvalue weighted by Crippen LogP contribution is -2.56. The second-order valence-corrected chi connectivity index (χ2v) is 19.1. The molecule has 0 bridgehead atoms. The van der Waals surface area contributed by atoms with Crippen LogP contribution in [0.5, 0.6) is 5.75 Å². The van der Waals surface area contributed by atoms with E-state index in [1.54, 1.807) is 93.6 Å². The van der Waals surface area contributed by atoms with E-state index in [0.717, 1.165) is 29.7 Å². The van der Waals surface area contributed by atoms with Gasteiger partial charge in [0.2, 0.25) is 17.7 Å². The summed E-state index contributed by atoms with van der Waals surface area (Å²) in [5.41, 5.74) is 7.43. The number of phenols is 1. The fourth-order valence-electron chi connectivity index (χ4n) is 7.49. The minimum atomic E-state index is -0.988. The molecule has 4 atom stereocenters. The Morgan fingerprint density at radius 3 is 1.70 bits per heavy atom. The first-order valence-electron chi connectivity index (χ1n) is 22.3. The summed E-state index contributed by atoms with van der Waals surface area (Å²) < 4.78 is 11.3. The first kappa shape index (κ1) is 52.2. The molecular formula is C52H67N5O9. The maximum Gasteiger partial charge on any atom is 0.408 e. The van der Waals surface area contributed by atoms with Crippen LogP contribution in [0.4, 0.5) is 4.79 Å². The maximum atomic E-state index is 13.3. The van der Waals surface area contributed by atoms with E-state index in [2.05, 4.69) is 21.3 Å². The quantitative estimate of drug-likeness (QED) is 0.0614. The molecule has 0 spiro atoms. The lowest BCUT2D eigenvalue weighted by atomic mass is 9.93. The number of phenolic OH excluding ortho intramolecular Hbond substituents is 1. The SMILES string of the molecule is CC(C)(C)OC(=O)N[C@@H](Cc1ccc(O)cc1)C(=O)CC(C)(C)OC(C)(C)C.NC(=O)[C@H](Cc1ccc(C(=O)c2ccccc2)cc1)NC(=O)[C@H](Cc1ccccc1)NC(=O)[C@@H]1CCCN1. The molecular weight excluding hydrogens is 839 g/mol. The third kappa shape index (κ3) is 18.2. The number of rotatable bonds is 18. The number of ketones is 2. The first-order chi connectivity index (χ1) is 31.0. The van der Waals surface area contributed by atoms with Crippen LogP contribution >= 0.6 is 0 Å². The van der Waals surface area contributed by atoms with E-state index < -0.39 is 52.8 Å². The topological polar surface area (TPSA) is 215 Å². The zero-order chi connectivity index (χ0) is 48.7. The standard InChI is InChI=1S/C30H32N4O4.C22H35NO5/c31-28(36)25(18-21-13-15-23(16-14-21)27(35)22-10-5-2-6-11-22)33-30(38)26(19-20-8-3-1-4-9-20)34-29(37)24-12-7-17-32-24;1-20(2,3)27-19(26)23-17(13-15-9-11-16(24)12-10-15)18(25)14-22(7,8)28-21(4,5)6/h1-6,8-11,13-16,24-26,32H,7,12,17-19H2,(H2,31,36)(H,33,38)(H,34,37);9-12,17,24H,13-14H2,1-8H3,(H,23,26)/t24-,25-,26-;17-/m00/s1. The summed E-state index contributed by atoms with van der Waals surface area (Å²) in [5, 5.41) is 20.9. The number of nitrogens with one attached hydrogen (secondary N) is 4. The van der Waals surface area contributed by atoms with Crippen molar-refractivity contribution in [3.05, 3.63) is 137 Å². The van der Waals surface area contributed by atoms with Gasteiger partial charge in [0.1, 0.15) is 23.4 Å². The van der Waals surface area contributed by atoms with Crippen molar-refractivity contribution in [2.75, 3.05) is 6.54 Å². The Hall–Kier alpha value is -6.38. The van der Waals surface area contributed by atoms with Gasteiger partial charge in [0.05, 0.1) is 23.3 Å². The van der Waals surface area contributed by atoms with Crippen LogP contribution in [-0.2, 0) is 47.9 Å². The third-order valence-corrected chi connectivity index (χ3v) is 10.3. The number of aromatic hydroxyl groups is 1. The van der Waals surface area contributed by atoms with Gasteiger partial charge in [-0.1, -0.05) is 97.1 Å². The molecule has 7 N–H and O–H groups in total. The summed E-state index contributed by atoms with van der Waals surface area (Å²) in [6.07, 6.45) is 1.82. The average Bonchev–Trinajstić information content (AvgIpc) is 3.79. The van der Waals surface area contributed by atoms with Crippen molar-refractivity contribution >= 4 is 35.4 Å². The molecule has 4 aromatic rings. The van der Waals surface area contributed by atoms with Crippen molar-refractivity contribution in [1.82, 2.24) is 21.3 Å². The predicted octanol–water partition coefficient (Wildman–Crippen LogP) is 6.29. The summed E-state index contributed by atoms with van der Waals surface area (Å²) in [4.78, 5) is 76.3. The average molecular weight is 906 g/mol. The molecule has 4 aromatic carbocycles. The van der Waals surface area contributed by atoms with E-state index in [1.807, 2.05) is 71.0 Å². The van der Waals surface area contributed by atoms with Crippen LogP contribution in [0.2, 0.25) is 0 Å². The van der Waals surface area contributed by atoms with Gasteiger partial charge < -0.3 is 41.6 Å². The molecule has 14 heteroatoms. The molecule has 0 radical (unpaired) electrons. The number of carbonyl (C=O) groups excluding carboxylic acids is 6. The van der Waals surface area contributed by atoms with E-state index in [-0.39, 0.29) is 48.5 Å². The molecule has 0 aliphatic carbocycles. The smallest absolute Gasteiger partial charge is 0.408 e. The summed E-state index contributed by atoms with van der Waals surface area (Å²) in [5.74, 6) is -1.52. The van der Waals surface area contributed by atoms with Crippen LogP contribution in [0.3, 0.4) is 0 Å². The molecule has 0 aromatic heterocycles. The number of benzene rings is 4. The Labute approximate surface area is 388 Å². The zero-order valence-corrected chi connectivity index (χ0v) is 39.4. The highest BCUT2D eigenvalue weighted by Gasteiger charge is 2.33. The van der Waals surface area contributed by atoms with Gasteiger partial charge in [-0.15, -0.1) is 0 Å². The molecule has 4 amide bonds. The van der Waals surface area contributed by atoms with Crippen molar-refractivity contribution in [2.45, 2.75) is 135 Å². The Bertz CT molecular complexity index is 2230. The number of amides is 4. The highest BCUT2D eigenvalue weighted by atomic mass is 16.6. The normalized spacial score (nSPS) is 15.2. The number of carbonyl (C=O) groups is 6. The van der Waals surface area contributed by atoms with Gasteiger partial charge in [0.25, 0.3) is 0 Å². The molecule has 1 aliphatic heterocycles. The molecule has 1 heterocycles. The van der Waals surface area contributed by atoms with Crippen LogP contribution < -0.4 is 27.0 Å². The highest BCUT2D eigenvalue weighted by molar-refractivity contribution is 6.09. The number of ether oxygens (including phenoxy) is 2. The van der Waals surface area contributed by atoms with Crippen molar-refractivity contribution in [1.29, 1.82) is 0 Å². The molecule has 354 valence electrons. The number of hydrogen-bond acceptors (Lipinski definition) is 10. The summed E-state index contributed by atoms with van der Waals surface area (Å²) in [6, 6.07) is 28.8. The van der Waals surface area contributed by atoms with Gasteiger partial charge in [-0.25, -0.2) is 4.79 Å². The molecule has 1 aliphatic rings. The van der Waals surface area contributed by atoms with Crippen molar-refractivity contribution < 1.29 is 43.3 Å². The number of primary amides is 1. The molecule has 1 saturated heterocycles. The summed E-state index contributed by atoms with van der Waals surface area (Å²) in [6.45, 7) is 15.6. The Morgan fingerprint density at radius 2 is 1.17 bits per heavy atom. The van der Waals surface area contributed by atoms with E-state index in [9.17, 15) is 33.9 Å². The lowest BCUT2D eigenvalue weighted by Gasteiger charge is -2.34. The highest BCUT2D eigenvalue weighted by Crippen LogP contribution is 2.25. The van der Waals surface area contributed by atoms with Crippen LogP contribution in [0, 0.1) is 0 Å². The van der Waals surface area contributed by atoms with Gasteiger partial charge >= 0.3 is 6.09 Å². The molecule has 0 saturated carbocycles. The van der Waals surface area contributed by atoms with Gasteiger partial charge in [-0.05, 0) is 110 Å². The van der Waals surface area contributed by atoms with Crippen LogP contribution in [0.15, 0.2) is 109 Å². The fraction of sp³-hybridized carbons (Fsp3) is 0.423. The zero-order valence-electron chi connectivity index (χ0n) is 39.4. The van der Waals surface area contributed by atoms with E-state index in [4.69, 9.17) is 15.2 Å². The van der Waals surface area contributed by atoms with Gasteiger partial charge in [0, 0.05) is 30.4 Å². The maximum absolute atomic E-state index is 13.3. The Balaban J connectivity index is 0.000000304. The number of Topliss-reactive ketones (excluding diaryl/α,β-unsaturated/α-hetero) is 1. The predicted molar refractivity (Wildman–Crippen MR) is 254 cm³/mol. The largest absolute Gasteiger partial charge is 0.508 e. The van der Waals surface area contributed by atoms with Crippen LogP contribution in [0.1, 0.15) is 107 Å². The molecule has 5 rings (SSSR count). The fourth-order valence-corrected chi connectivity index (χ4v) is 7.49. The summed E-state index contributed by atoms with van der Waals surface area (Å²) >= 11 is 0. The van der Waals surface area contributed by atoms with Gasteiger partial charge in [-0.2, -0.15) is 0 Å². The molecule has 1 fully saturated rings. The second kappa shape index (κ2) is 23.7. The van der Waals surface area contributed by atoms with Gasteiger partial charge in [-0.3, -0.25) is 24.0 Å². The molecule has 14 nitrogen and oxygen atoms in total. The second-order valence-electron chi connectivity index (χ2n) is 19.1. The van der Waals surface area contributed by atoms with Crippen LogP contribution in [-0.4, -0.2) is 88.0 Å². The van der Waals surface area contributed by atoms with E-state index in [0.29, 0.717) is 24.0 Å². The lowest BCUT2D eigenvalue weighted by molar-refractivity contribution is -0.140. The minimum Gasteiger partial charge on any atom is -0.508 e. The van der Waals surface area contributed by atoms with E-state index in [1.165, 1.54) is 0 Å². The monoisotopic (exact) mass is 905 g/mol. The van der Waals surface area contributed by atoms with Crippen molar-refractivity contribution in [3.63, 3.8) is 0 Å². The van der Waals surface area contributed by atoms with Crippen molar-refractivity contribution in [3.8, 4) is 5.75 Å². The summed E-state index contributed by atoms with van der Waals surface area (Å²) in [7, 11) is 0. The number of hydrogen-bond donors (Lipinski definition) is 6. The number of nitrogens with two attached hydrogens (primary N) is 1. The Morgan fingerprint density at radius 1 is 0.652 bits per heavy atom. The van der Waals surface area contributed by atoms with Gasteiger partial charge in [0.15, 0.2) is 11.6 Å². The minimum absolute atomic E-state index is 0.104. The number of alkyl carbamates (subject to hydrolysis) is 1. The molecule has 0 unspecified atom stereocenters. The van der Waals surface area contributed by atoms with E-state index >= 15 is 0 Å². The van der Waals surface area contributed by atoms with Crippen molar-refractivity contribution in [2.24, 2.45) is 5.73 Å².